The molecule has 180 valence electrons. The van der Waals surface area contributed by atoms with Gasteiger partial charge in [0.15, 0.2) is 11.9 Å². The molecule has 0 amide bonds. The lowest BCUT2D eigenvalue weighted by atomic mass is 10.1. The highest BCUT2D eigenvalue weighted by Crippen LogP contribution is 2.31. The van der Waals surface area contributed by atoms with E-state index in [1.165, 1.54) is 32.1 Å². The van der Waals surface area contributed by atoms with E-state index in [4.69, 9.17) is 18.9 Å². The number of nitrogens with zero attached hydrogens (tertiary/aromatic N) is 2. The zero-order valence-electron chi connectivity index (χ0n) is 20.2. The van der Waals surface area contributed by atoms with Gasteiger partial charge in [-0.2, -0.15) is 0 Å². The first-order chi connectivity index (χ1) is 15.9. The summed E-state index contributed by atoms with van der Waals surface area (Å²) in [7, 11) is 0. The zero-order chi connectivity index (χ0) is 23.7. The Kier molecular flexibility index (Phi) is 9.21. The van der Waals surface area contributed by atoms with Gasteiger partial charge in [-0.3, -0.25) is 0 Å². The molecule has 0 bridgehead atoms. The molecule has 2 atom stereocenters. The number of rotatable bonds is 12. The summed E-state index contributed by atoms with van der Waals surface area (Å²) in [5.41, 5.74) is 1.78. The summed E-state index contributed by atoms with van der Waals surface area (Å²) in [4.78, 5) is 21.2. The lowest BCUT2D eigenvalue weighted by molar-refractivity contribution is -0.163. The maximum absolute atomic E-state index is 12.6. The summed E-state index contributed by atoms with van der Waals surface area (Å²) in [6.07, 6.45) is 10.4. The number of hydrogen-bond acceptors (Lipinski definition) is 7. The van der Waals surface area contributed by atoms with Gasteiger partial charge in [0, 0.05) is 18.0 Å². The average Bonchev–Trinajstić information content (AvgIpc) is 3.14. The Hall–Kier alpha value is -2.51. The van der Waals surface area contributed by atoms with Gasteiger partial charge in [-0.05, 0) is 44.4 Å². The maximum atomic E-state index is 12.6. The summed E-state index contributed by atoms with van der Waals surface area (Å²) >= 11 is 0. The van der Waals surface area contributed by atoms with Crippen molar-refractivity contribution in [1.82, 2.24) is 9.97 Å². The molecular formula is C26H36N2O5. The Balaban J connectivity index is 1.48. The quantitative estimate of drug-likeness (QED) is 0.230. The van der Waals surface area contributed by atoms with E-state index in [0.29, 0.717) is 24.8 Å². The summed E-state index contributed by atoms with van der Waals surface area (Å²) in [6.45, 7) is 8.40. The third kappa shape index (κ3) is 7.51. The highest BCUT2D eigenvalue weighted by Gasteiger charge is 2.45. The normalized spacial score (nSPS) is 19.4. The van der Waals surface area contributed by atoms with E-state index in [1.54, 1.807) is 38.4 Å². The van der Waals surface area contributed by atoms with Crippen molar-refractivity contribution in [2.45, 2.75) is 90.6 Å². The van der Waals surface area contributed by atoms with Gasteiger partial charge < -0.3 is 18.9 Å². The Bertz CT molecular complexity index is 867. The average molecular weight is 457 g/mol. The first-order valence-electron chi connectivity index (χ1n) is 12.0. The van der Waals surface area contributed by atoms with Gasteiger partial charge >= 0.3 is 12.0 Å². The molecule has 1 aromatic heterocycles. The summed E-state index contributed by atoms with van der Waals surface area (Å²) in [5.74, 6) is -0.791. The Labute approximate surface area is 196 Å². The van der Waals surface area contributed by atoms with Crippen molar-refractivity contribution in [2.24, 2.45) is 0 Å². The molecule has 7 heteroatoms. The van der Waals surface area contributed by atoms with E-state index >= 15 is 0 Å². The van der Waals surface area contributed by atoms with Crippen LogP contribution in [0.15, 0.2) is 36.7 Å². The molecule has 3 rings (SSSR count). The van der Waals surface area contributed by atoms with Crippen molar-refractivity contribution in [3.05, 3.63) is 36.7 Å². The number of ether oxygens (including phenoxy) is 4. The van der Waals surface area contributed by atoms with Gasteiger partial charge in [-0.15, -0.1) is 0 Å². The van der Waals surface area contributed by atoms with Crippen molar-refractivity contribution in [3.63, 3.8) is 0 Å². The number of esters is 1. The van der Waals surface area contributed by atoms with Crippen molar-refractivity contribution in [2.75, 3.05) is 6.61 Å². The standard InChI is InChI=1S/C26H36N2O5/c1-5-7-8-9-10-11-16-30-25-27-17-20(18-28-25)19-12-14-21(15-13-19)31-24(29)23-22(6-2)32-26(3,4)33-23/h12-15,17-18,22-23H,5-11,16H2,1-4H3/t22-,23-/m1/s1. The van der Waals surface area contributed by atoms with Crippen LogP contribution in [0.5, 0.6) is 11.8 Å². The fraction of sp³-hybridized carbons (Fsp3) is 0.577. The number of carbonyl (C=O) groups excluding carboxylic acids is 1. The van der Waals surface area contributed by atoms with Gasteiger partial charge in [0.2, 0.25) is 0 Å². The van der Waals surface area contributed by atoms with Crippen LogP contribution in [0, 0.1) is 0 Å². The zero-order valence-corrected chi connectivity index (χ0v) is 20.2. The van der Waals surface area contributed by atoms with Crippen LogP contribution in [0.4, 0.5) is 0 Å². The van der Waals surface area contributed by atoms with Crippen LogP contribution in [0.1, 0.15) is 72.6 Å². The molecule has 2 heterocycles. The first-order valence-corrected chi connectivity index (χ1v) is 12.0. The summed E-state index contributed by atoms with van der Waals surface area (Å²) < 4.78 is 22.7. The molecule has 0 spiro atoms. The second-order valence-electron chi connectivity index (χ2n) is 8.82. The van der Waals surface area contributed by atoms with Crippen molar-refractivity contribution >= 4 is 5.97 Å². The van der Waals surface area contributed by atoms with E-state index in [2.05, 4.69) is 16.9 Å². The topological polar surface area (TPSA) is 79.8 Å². The Morgan fingerprint density at radius 1 is 0.939 bits per heavy atom. The van der Waals surface area contributed by atoms with Crippen LogP contribution < -0.4 is 9.47 Å². The van der Waals surface area contributed by atoms with Gasteiger partial charge in [-0.25, -0.2) is 14.8 Å². The third-order valence-corrected chi connectivity index (χ3v) is 5.58. The van der Waals surface area contributed by atoms with Crippen LogP contribution in [-0.4, -0.2) is 40.5 Å². The van der Waals surface area contributed by atoms with Crippen LogP contribution in [0.3, 0.4) is 0 Å². The second-order valence-corrected chi connectivity index (χ2v) is 8.82. The molecule has 0 unspecified atom stereocenters. The molecule has 2 aromatic rings. The molecule has 7 nitrogen and oxygen atoms in total. The maximum Gasteiger partial charge on any atom is 0.343 e. The fourth-order valence-corrected chi connectivity index (χ4v) is 3.81. The van der Waals surface area contributed by atoms with Gasteiger partial charge in [-0.1, -0.05) is 58.1 Å². The van der Waals surface area contributed by atoms with Crippen molar-refractivity contribution < 1.29 is 23.7 Å². The SMILES string of the molecule is CCCCCCCCOc1ncc(-c2ccc(OC(=O)[C@@H]3OC(C)(C)O[C@@H]3CC)cc2)cn1. The molecule has 33 heavy (non-hydrogen) atoms. The molecule has 1 aliphatic heterocycles. The number of carbonyl (C=O) groups is 1. The van der Waals surface area contributed by atoms with Gasteiger partial charge in [0.1, 0.15) is 5.75 Å². The largest absolute Gasteiger partial charge is 0.463 e. The molecule has 1 aromatic carbocycles. The lowest BCUT2D eigenvalue weighted by Gasteiger charge is -2.16. The molecule has 1 aliphatic rings. The van der Waals surface area contributed by atoms with E-state index in [9.17, 15) is 4.79 Å². The molecular weight excluding hydrogens is 420 g/mol. The van der Waals surface area contributed by atoms with Gasteiger partial charge in [0.25, 0.3) is 0 Å². The molecule has 0 radical (unpaired) electrons. The van der Waals surface area contributed by atoms with Gasteiger partial charge in [0.05, 0.1) is 12.7 Å². The van der Waals surface area contributed by atoms with Crippen LogP contribution in [0.25, 0.3) is 11.1 Å². The van der Waals surface area contributed by atoms with E-state index < -0.39 is 17.9 Å². The van der Waals surface area contributed by atoms with E-state index in [-0.39, 0.29) is 6.10 Å². The minimum absolute atomic E-state index is 0.314. The summed E-state index contributed by atoms with van der Waals surface area (Å²) in [6, 6.07) is 7.62. The van der Waals surface area contributed by atoms with Crippen LogP contribution in [-0.2, 0) is 14.3 Å². The highest BCUT2D eigenvalue weighted by atomic mass is 16.8. The molecule has 1 fully saturated rings. The lowest BCUT2D eigenvalue weighted by Crippen LogP contribution is -2.34. The number of hydrogen-bond donors (Lipinski definition) is 0. The fourth-order valence-electron chi connectivity index (χ4n) is 3.81. The molecule has 0 N–H and O–H groups in total. The smallest absolute Gasteiger partial charge is 0.343 e. The number of aromatic nitrogens is 2. The predicted molar refractivity (Wildman–Crippen MR) is 126 cm³/mol. The van der Waals surface area contributed by atoms with Crippen LogP contribution in [0.2, 0.25) is 0 Å². The van der Waals surface area contributed by atoms with E-state index in [0.717, 1.165) is 17.5 Å². The Morgan fingerprint density at radius 3 is 2.27 bits per heavy atom. The minimum atomic E-state index is -0.793. The third-order valence-electron chi connectivity index (χ3n) is 5.58. The van der Waals surface area contributed by atoms with E-state index in [1.807, 2.05) is 19.1 Å². The Morgan fingerprint density at radius 2 is 1.61 bits per heavy atom. The first kappa shape index (κ1) is 25.1. The molecule has 1 saturated heterocycles. The second kappa shape index (κ2) is 12.1. The van der Waals surface area contributed by atoms with Crippen molar-refractivity contribution in [3.8, 4) is 22.9 Å². The molecule has 0 aliphatic carbocycles. The highest BCUT2D eigenvalue weighted by molar-refractivity contribution is 5.78. The van der Waals surface area contributed by atoms with Crippen molar-refractivity contribution in [1.29, 1.82) is 0 Å². The monoisotopic (exact) mass is 456 g/mol. The predicted octanol–water partition coefficient (Wildman–Crippen LogP) is 5.72. The summed E-state index contributed by atoms with van der Waals surface area (Å²) in [5, 5.41) is 0. The number of benzene rings is 1. The number of unbranched alkanes of at least 4 members (excludes halogenated alkanes) is 5. The minimum Gasteiger partial charge on any atom is -0.463 e. The molecule has 0 saturated carbocycles. The van der Waals surface area contributed by atoms with Crippen LogP contribution >= 0.6 is 0 Å².